The molecule has 9 nitrogen and oxygen atoms in total. The minimum atomic E-state index is -0.0129. The number of carbonyl (C=O) groups is 1. The molecule has 0 aliphatic carbocycles. The van der Waals surface area contributed by atoms with Crippen LogP contribution in [0.5, 0.6) is 0 Å². The average molecular weight is 427 g/mol. The van der Waals surface area contributed by atoms with Crippen molar-refractivity contribution in [2.75, 3.05) is 44.8 Å². The van der Waals surface area contributed by atoms with Gasteiger partial charge in [0.1, 0.15) is 6.61 Å². The Balaban J connectivity index is 1.61. The Hall–Kier alpha value is -3.17. The maximum atomic E-state index is 12.1. The molecule has 0 N–H and O–H groups in total. The van der Waals surface area contributed by atoms with Crippen molar-refractivity contribution in [3.8, 4) is 11.6 Å². The number of nitrogens with zero attached hydrogens (tertiary/aromatic N) is 6. The second-order valence-electron chi connectivity index (χ2n) is 7.03. The van der Waals surface area contributed by atoms with E-state index in [1.165, 1.54) is 7.11 Å². The molecule has 3 aromatic heterocycles. The van der Waals surface area contributed by atoms with E-state index >= 15 is 0 Å². The molecule has 154 valence electrons. The van der Waals surface area contributed by atoms with E-state index in [1.807, 2.05) is 34.7 Å². The molecule has 1 saturated heterocycles. The summed E-state index contributed by atoms with van der Waals surface area (Å²) < 4.78 is 12.5. The van der Waals surface area contributed by atoms with Gasteiger partial charge in [0.15, 0.2) is 11.4 Å². The number of methoxy groups -OCH3 is 1. The highest BCUT2D eigenvalue weighted by Crippen LogP contribution is 2.30. The van der Waals surface area contributed by atoms with E-state index in [1.54, 1.807) is 11.2 Å². The first-order valence-electron chi connectivity index (χ1n) is 9.55. The fraction of sp³-hybridized carbons (Fsp3) is 0.300. The van der Waals surface area contributed by atoms with Gasteiger partial charge in [-0.25, -0.2) is 9.38 Å². The molecular weight excluding hydrogens is 408 g/mol. The Morgan fingerprint density at radius 2 is 2.03 bits per heavy atom. The summed E-state index contributed by atoms with van der Waals surface area (Å²) in [6, 6.07) is 9.18. The van der Waals surface area contributed by atoms with Crippen LogP contribution in [0.3, 0.4) is 0 Å². The molecule has 0 unspecified atom stereocenters. The fourth-order valence-corrected chi connectivity index (χ4v) is 3.91. The van der Waals surface area contributed by atoms with Crippen molar-refractivity contribution in [2.45, 2.75) is 0 Å². The van der Waals surface area contributed by atoms with E-state index in [0.29, 0.717) is 54.4 Å². The zero-order chi connectivity index (χ0) is 20.7. The van der Waals surface area contributed by atoms with Crippen LogP contribution in [0.2, 0.25) is 5.02 Å². The normalized spacial score (nSPS) is 14.7. The van der Waals surface area contributed by atoms with Crippen LogP contribution >= 0.6 is 11.6 Å². The highest BCUT2D eigenvalue weighted by molar-refractivity contribution is 6.31. The molecule has 30 heavy (non-hydrogen) atoms. The van der Waals surface area contributed by atoms with Gasteiger partial charge in [0.25, 0.3) is 0 Å². The third-order valence-electron chi connectivity index (χ3n) is 5.21. The number of ether oxygens (including phenoxy) is 1. The van der Waals surface area contributed by atoms with E-state index < -0.39 is 0 Å². The molecule has 10 heteroatoms. The summed E-state index contributed by atoms with van der Waals surface area (Å²) in [5.74, 6) is 1.86. The highest BCUT2D eigenvalue weighted by Gasteiger charge is 2.26. The summed E-state index contributed by atoms with van der Waals surface area (Å²) in [6.07, 6.45) is 1.60. The molecule has 1 aliphatic heterocycles. The Kier molecular flexibility index (Phi) is 4.76. The number of rotatable bonds is 4. The number of fused-ring (bicyclic) bond motifs is 3. The number of aromatic nitrogens is 4. The number of piperazine rings is 1. The van der Waals surface area contributed by atoms with Crippen LogP contribution in [0.15, 0.2) is 41.0 Å². The highest BCUT2D eigenvalue weighted by atomic mass is 35.5. The summed E-state index contributed by atoms with van der Waals surface area (Å²) in [5, 5.41) is 10.2. The zero-order valence-electron chi connectivity index (χ0n) is 16.3. The van der Waals surface area contributed by atoms with Crippen molar-refractivity contribution in [1.82, 2.24) is 24.5 Å². The third-order valence-corrected chi connectivity index (χ3v) is 5.44. The minimum absolute atomic E-state index is 0.0129. The maximum Gasteiger partial charge on any atom is 0.248 e. The quantitative estimate of drug-likeness (QED) is 0.495. The summed E-state index contributed by atoms with van der Waals surface area (Å²) in [5.41, 5.74) is 1.41. The second-order valence-corrected chi connectivity index (χ2v) is 7.47. The van der Waals surface area contributed by atoms with Crippen LogP contribution in [0.4, 0.5) is 5.95 Å². The van der Waals surface area contributed by atoms with Gasteiger partial charge >= 0.3 is 0 Å². The second kappa shape index (κ2) is 7.58. The first kappa shape index (κ1) is 18.8. The van der Waals surface area contributed by atoms with Crippen LogP contribution in [0.1, 0.15) is 0 Å². The molecule has 1 aliphatic rings. The molecule has 5 rings (SSSR count). The number of benzene rings is 1. The molecule has 0 spiro atoms. The van der Waals surface area contributed by atoms with Crippen molar-refractivity contribution < 1.29 is 13.9 Å². The zero-order valence-corrected chi connectivity index (χ0v) is 17.0. The monoisotopic (exact) mass is 426 g/mol. The lowest BCUT2D eigenvalue weighted by atomic mass is 10.2. The van der Waals surface area contributed by atoms with E-state index in [4.69, 9.17) is 25.7 Å². The molecule has 1 fully saturated rings. The number of hydrogen-bond donors (Lipinski definition) is 0. The van der Waals surface area contributed by atoms with Crippen molar-refractivity contribution in [2.24, 2.45) is 0 Å². The number of anilines is 1. The Morgan fingerprint density at radius 3 is 2.77 bits per heavy atom. The molecular formula is C20H19ClN6O3. The summed E-state index contributed by atoms with van der Waals surface area (Å²) >= 11 is 6.21. The van der Waals surface area contributed by atoms with Crippen LogP contribution < -0.4 is 4.90 Å². The molecule has 0 atom stereocenters. The Labute approximate surface area is 176 Å². The Bertz CT molecular complexity index is 1210. The van der Waals surface area contributed by atoms with E-state index in [-0.39, 0.29) is 12.5 Å². The van der Waals surface area contributed by atoms with Crippen molar-refractivity contribution in [1.29, 1.82) is 0 Å². The first-order chi connectivity index (χ1) is 14.7. The van der Waals surface area contributed by atoms with Crippen LogP contribution in [-0.2, 0) is 9.53 Å². The SMILES string of the molecule is COCC(=O)N1CCN(c2nc3cc(Cl)ccc3c3nnc(-c4ccco4)n23)CC1. The molecule has 0 saturated carbocycles. The van der Waals surface area contributed by atoms with Crippen molar-refractivity contribution >= 4 is 40.0 Å². The van der Waals surface area contributed by atoms with Crippen molar-refractivity contribution in [3.63, 3.8) is 0 Å². The number of carbonyl (C=O) groups excluding carboxylic acids is 1. The smallest absolute Gasteiger partial charge is 0.248 e. The lowest BCUT2D eigenvalue weighted by molar-refractivity contribution is -0.135. The number of amides is 1. The lowest BCUT2D eigenvalue weighted by Gasteiger charge is -2.35. The molecule has 1 aromatic carbocycles. The first-order valence-corrected chi connectivity index (χ1v) is 9.93. The van der Waals surface area contributed by atoms with Crippen LogP contribution in [-0.4, -0.2) is 70.3 Å². The molecule has 1 amide bonds. The van der Waals surface area contributed by atoms with Gasteiger partial charge in [0.2, 0.25) is 17.7 Å². The molecule has 4 aromatic rings. The standard InChI is InChI=1S/C20H19ClN6O3/c1-29-12-17(28)25-6-8-26(9-7-25)20-22-15-11-13(21)4-5-14(15)18-23-24-19(27(18)20)16-3-2-10-30-16/h2-5,10-11H,6-9,12H2,1H3. The number of hydrogen-bond acceptors (Lipinski definition) is 7. The maximum absolute atomic E-state index is 12.1. The number of furan rings is 1. The van der Waals surface area contributed by atoms with Gasteiger partial charge in [-0.1, -0.05) is 11.6 Å². The van der Waals surface area contributed by atoms with Gasteiger partial charge in [-0.05, 0) is 30.3 Å². The summed E-state index contributed by atoms with van der Waals surface area (Å²) in [4.78, 5) is 21.0. The summed E-state index contributed by atoms with van der Waals surface area (Å²) in [6.45, 7) is 2.50. The predicted molar refractivity (Wildman–Crippen MR) is 112 cm³/mol. The summed E-state index contributed by atoms with van der Waals surface area (Å²) in [7, 11) is 1.53. The average Bonchev–Trinajstić information content (AvgIpc) is 3.43. The van der Waals surface area contributed by atoms with E-state index in [9.17, 15) is 4.79 Å². The minimum Gasteiger partial charge on any atom is -0.461 e. The molecule has 0 radical (unpaired) electrons. The van der Waals surface area contributed by atoms with E-state index in [0.717, 1.165) is 10.9 Å². The largest absolute Gasteiger partial charge is 0.461 e. The molecule has 0 bridgehead atoms. The lowest BCUT2D eigenvalue weighted by Crippen LogP contribution is -2.50. The van der Waals surface area contributed by atoms with Gasteiger partial charge < -0.3 is 19.0 Å². The molecule has 4 heterocycles. The Morgan fingerprint density at radius 1 is 1.20 bits per heavy atom. The van der Waals surface area contributed by atoms with Gasteiger partial charge in [-0.15, -0.1) is 10.2 Å². The van der Waals surface area contributed by atoms with E-state index in [2.05, 4.69) is 15.1 Å². The van der Waals surface area contributed by atoms with Crippen LogP contribution in [0.25, 0.3) is 28.1 Å². The van der Waals surface area contributed by atoms with Gasteiger partial charge in [-0.3, -0.25) is 4.79 Å². The van der Waals surface area contributed by atoms with Gasteiger partial charge in [0, 0.05) is 43.7 Å². The van der Waals surface area contributed by atoms with Crippen molar-refractivity contribution in [3.05, 3.63) is 41.6 Å². The van der Waals surface area contributed by atoms with Gasteiger partial charge in [-0.2, -0.15) is 0 Å². The van der Waals surface area contributed by atoms with Gasteiger partial charge in [0.05, 0.1) is 11.8 Å². The third kappa shape index (κ3) is 3.16. The number of halogens is 1. The van der Waals surface area contributed by atoms with Crippen LogP contribution in [0, 0.1) is 0 Å². The topological polar surface area (TPSA) is 89.0 Å². The fourth-order valence-electron chi connectivity index (χ4n) is 3.74. The predicted octanol–water partition coefficient (Wildman–Crippen LogP) is 2.49.